The van der Waals surface area contributed by atoms with Crippen LogP contribution in [0.1, 0.15) is 31.2 Å². The van der Waals surface area contributed by atoms with Gasteiger partial charge in [-0.2, -0.15) is 0 Å². The van der Waals surface area contributed by atoms with Gasteiger partial charge in [0.05, 0.1) is 12.1 Å². The first-order valence-corrected chi connectivity index (χ1v) is 10.9. The number of carbonyl (C=O) groups excluding carboxylic acids is 1. The highest BCUT2D eigenvalue weighted by Crippen LogP contribution is 2.29. The normalized spacial score (nSPS) is 17.0. The molecule has 0 spiro atoms. The molecule has 1 aromatic heterocycles. The number of aromatic nitrogens is 1. The molecule has 1 amide bonds. The van der Waals surface area contributed by atoms with E-state index < -0.39 is 11.6 Å². The van der Waals surface area contributed by atoms with Crippen molar-refractivity contribution in [2.24, 2.45) is 5.92 Å². The van der Waals surface area contributed by atoms with Gasteiger partial charge in [0.1, 0.15) is 17.5 Å². The Morgan fingerprint density at radius 1 is 1.10 bits per heavy atom. The number of rotatable bonds is 7. The van der Waals surface area contributed by atoms with Crippen LogP contribution in [0, 0.1) is 17.6 Å². The molecule has 8 heteroatoms. The molecule has 2 aromatic rings. The number of pyridine rings is 1. The van der Waals surface area contributed by atoms with E-state index in [1.54, 1.807) is 0 Å². The van der Waals surface area contributed by atoms with E-state index in [0.717, 1.165) is 76.2 Å². The summed E-state index contributed by atoms with van der Waals surface area (Å²) in [5.41, 5.74) is 0.904. The first kappa shape index (κ1) is 21.5. The second kappa shape index (κ2) is 10.0. The van der Waals surface area contributed by atoms with Crippen molar-refractivity contribution in [1.29, 1.82) is 0 Å². The van der Waals surface area contributed by atoms with Crippen LogP contribution in [-0.2, 0) is 16.0 Å². The second-order valence-corrected chi connectivity index (χ2v) is 8.20. The minimum Gasteiger partial charge on any atom is -0.381 e. The number of anilines is 3. The Hall–Kier alpha value is -2.74. The van der Waals surface area contributed by atoms with E-state index in [4.69, 9.17) is 9.72 Å². The molecule has 166 valence electrons. The molecule has 6 nitrogen and oxygen atoms in total. The molecule has 2 aliphatic heterocycles. The highest BCUT2D eigenvalue weighted by molar-refractivity contribution is 5.95. The summed E-state index contributed by atoms with van der Waals surface area (Å²) in [5, 5.41) is 6.30. The van der Waals surface area contributed by atoms with E-state index in [2.05, 4.69) is 15.5 Å². The van der Waals surface area contributed by atoms with Crippen LogP contribution in [0.4, 0.5) is 26.1 Å². The van der Waals surface area contributed by atoms with Crippen LogP contribution in [0.5, 0.6) is 0 Å². The van der Waals surface area contributed by atoms with E-state index >= 15 is 0 Å². The number of carbonyl (C=O) groups is 1. The Balaban J connectivity index is 1.45. The van der Waals surface area contributed by atoms with Gasteiger partial charge in [0, 0.05) is 38.9 Å². The highest BCUT2D eigenvalue weighted by atomic mass is 19.1. The van der Waals surface area contributed by atoms with Crippen molar-refractivity contribution in [3.05, 3.63) is 47.5 Å². The maximum absolute atomic E-state index is 13.4. The minimum atomic E-state index is -0.692. The zero-order valence-electron chi connectivity index (χ0n) is 17.5. The number of halogens is 2. The standard InChI is InChI=1S/C23H28F2N4O2/c24-18-11-17(12-19(25)14-18)13-22(30)27-20-3-4-21(26-15-16-5-9-31-10-6-16)28-23(20)29-7-1-2-8-29/h3-4,11-12,14,16H,1-2,5-10,13,15H2,(H,26,28)(H,27,30). The van der Waals surface area contributed by atoms with Crippen LogP contribution >= 0.6 is 0 Å². The average Bonchev–Trinajstić information content (AvgIpc) is 3.27. The Morgan fingerprint density at radius 3 is 2.52 bits per heavy atom. The monoisotopic (exact) mass is 430 g/mol. The van der Waals surface area contributed by atoms with Gasteiger partial charge in [-0.1, -0.05) is 0 Å². The van der Waals surface area contributed by atoms with Crippen molar-refractivity contribution in [2.45, 2.75) is 32.1 Å². The fourth-order valence-electron chi connectivity index (χ4n) is 4.11. The lowest BCUT2D eigenvalue weighted by molar-refractivity contribution is -0.115. The molecule has 2 N–H and O–H groups in total. The van der Waals surface area contributed by atoms with Gasteiger partial charge in [-0.25, -0.2) is 13.8 Å². The van der Waals surface area contributed by atoms with Gasteiger partial charge in [0.2, 0.25) is 5.91 Å². The van der Waals surface area contributed by atoms with Gasteiger partial charge in [-0.15, -0.1) is 0 Å². The van der Waals surface area contributed by atoms with Crippen molar-refractivity contribution in [3.8, 4) is 0 Å². The van der Waals surface area contributed by atoms with E-state index in [1.165, 1.54) is 12.1 Å². The molecule has 2 saturated heterocycles. The molecule has 1 aromatic carbocycles. The van der Waals surface area contributed by atoms with Crippen molar-refractivity contribution in [1.82, 2.24) is 4.98 Å². The zero-order chi connectivity index (χ0) is 21.6. The van der Waals surface area contributed by atoms with E-state index in [-0.39, 0.29) is 12.3 Å². The van der Waals surface area contributed by atoms with Crippen LogP contribution in [0.25, 0.3) is 0 Å². The highest BCUT2D eigenvalue weighted by Gasteiger charge is 2.20. The first-order chi connectivity index (χ1) is 15.1. The summed E-state index contributed by atoms with van der Waals surface area (Å²) in [5.74, 6) is 0.350. The lowest BCUT2D eigenvalue weighted by atomic mass is 10.0. The largest absolute Gasteiger partial charge is 0.381 e. The molecule has 31 heavy (non-hydrogen) atoms. The third kappa shape index (κ3) is 5.91. The second-order valence-electron chi connectivity index (χ2n) is 8.20. The molecule has 0 aliphatic carbocycles. The van der Waals surface area contributed by atoms with Crippen LogP contribution in [0.2, 0.25) is 0 Å². The summed E-state index contributed by atoms with van der Waals surface area (Å²) in [7, 11) is 0. The zero-order valence-corrected chi connectivity index (χ0v) is 17.5. The topological polar surface area (TPSA) is 66.5 Å². The molecule has 0 bridgehead atoms. The Bertz CT molecular complexity index is 892. The lowest BCUT2D eigenvalue weighted by Crippen LogP contribution is -2.25. The number of benzene rings is 1. The fraction of sp³-hybridized carbons (Fsp3) is 0.478. The van der Waals surface area contributed by atoms with Gasteiger partial charge < -0.3 is 20.3 Å². The molecule has 3 heterocycles. The number of amides is 1. The molecule has 0 unspecified atom stereocenters. The van der Waals surface area contributed by atoms with Crippen LogP contribution in [0.3, 0.4) is 0 Å². The molecular formula is C23H28F2N4O2. The van der Waals surface area contributed by atoms with Crippen LogP contribution in [0.15, 0.2) is 30.3 Å². The van der Waals surface area contributed by atoms with E-state index in [1.807, 2.05) is 12.1 Å². The average molecular weight is 430 g/mol. The third-order valence-corrected chi connectivity index (χ3v) is 5.75. The molecule has 0 atom stereocenters. The maximum atomic E-state index is 13.4. The lowest BCUT2D eigenvalue weighted by Gasteiger charge is -2.24. The summed E-state index contributed by atoms with van der Waals surface area (Å²) in [6.45, 7) is 4.22. The number of nitrogens with one attached hydrogen (secondary N) is 2. The SMILES string of the molecule is O=C(Cc1cc(F)cc(F)c1)Nc1ccc(NCC2CCOCC2)nc1N1CCCC1. The predicted octanol–water partition coefficient (Wildman–Crippen LogP) is 3.98. The number of hydrogen-bond acceptors (Lipinski definition) is 5. The fourth-order valence-corrected chi connectivity index (χ4v) is 4.11. The summed E-state index contributed by atoms with van der Waals surface area (Å²) in [6.07, 6.45) is 4.13. The quantitative estimate of drug-likeness (QED) is 0.696. The summed E-state index contributed by atoms with van der Waals surface area (Å²) in [4.78, 5) is 19.5. The smallest absolute Gasteiger partial charge is 0.228 e. The number of nitrogens with zero attached hydrogens (tertiary/aromatic N) is 2. The summed E-state index contributed by atoms with van der Waals surface area (Å²) < 4.78 is 32.3. The number of hydrogen-bond donors (Lipinski definition) is 2. The molecule has 0 radical (unpaired) electrons. The third-order valence-electron chi connectivity index (χ3n) is 5.75. The van der Waals surface area contributed by atoms with Crippen molar-refractivity contribution < 1.29 is 18.3 Å². The summed E-state index contributed by atoms with van der Waals surface area (Å²) in [6, 6.07) is 6.84. The Labute approximate surface area is 181 Å². The molecule has 2 aliphatic rings. The first-order valence-electron chi connectivity index (χ1n) is 10.9. The molecule has 4 rings (SSSR count). The maximum Gasteiger partial charge on any atom is 0.228 e. The van der Waals surface area contributed by atoms with E-state index in [9.17, 15) is 13.6 Å². The van der Waals surface area contributed by atoms with E-state index in [0.29, 0.717) is 17.2 Å². The van der Waals surface area contributed by atoms with Gasteiger partial charge in [0.25, 0.3) is 0 Å². The predicted molar refractivity (Wildman–Crippen MR) is 116 cm³/mol. The van der Waals surface area contributed by atoms with Gasteiger partial charge in [-0.05, 0) is 61.4 Å². The Morgan fingerprint density at radius 2 is 1.81 bits per heavy atom. The van der Waals surface area contributed by atoms with Gasteiger partial charge >= 0.3 is 0 Å². The summed E-state index contributed by atoms with van der Waals surface area (Å²) >= 11 is 0. The van der Waals surface area contributed by atoms with Gasteiger partial charge in [-0.3, -0.25) is 4.79 Å². The van der Waals surface area contributed by atoms with Crippen LogP contribution < -0.4 is 15.5 Å². The molecule has 2 fully saturated rings. The van der Waals surface area contributed by atoms with Gasteiger partial charge in [0.15, 0.2) is 5.82 Å². The minimum absolute atomic E-state index is 0.113. The van der Waals surface area contributed by atoms with Crippen molar-refractivity contribution in [2.75, 3.05) is 48.4 Å². The molecular weight excluding hydrogens is 402 g/mol. The van der Waals surface area contributed by atoms with Crippen LogP contribution in [-0.4, -0.2) is 43.7 Å². The van der Waals surface area contributed by atoms with Crippen molar-refractivity contribution >= 4 is 23.2 Å². The number of ether oxygens (including phenoxy) is 1. The molecule has 0 saturated carbocycles. The Kier molecular flexibility index (Phi) is 6.96. The van der Waals surface area contributed by atoms with Crippen molar-refractivity contribution in [3.63, 3.8) is 0 Å².